The fourth-order valence-electron chi connectivity index (χ4n) is 2.93. The lowest BCUT2D eigenvalue weighted by Gasteiger charge is -2.18. The van der Waals surface area contributed by atoms with E-state index in [1.807, 2.05) is 10.8 Å². The van der Waals surface area contributed by atoms with Crippen LogP contribution in [0.1, 0.15) is 43.3 Å². The standard InChI is InChI=1S/C12H18N2O3S/c15-11-4-1-5-14-8-9(13-12(11)14)7-10-3-2-6-18(10,16)17/h8,10-11,15H,1-7H2. The zero-order valence-electron chi connectivity index (χ0n) is 10.2. The Balaban J connectivity index is 1.82. The minimum Gasteiger partial charge on any atom is -0.385 e. The zero-order chi connectivity index (χ0) is 12.8. The van der Waals surface area contributed by atoms with E-state index >= 15 is 0 Å². The molecule has 2 unspecified atom stereocenters. The van der Waals surface area contributed by atoms with Crippen LogP contribution in [0.2, 0.25) is 0 Å². The third-order valence-corrected chi connectivity index (χ3v) is 6.21. The summed E-state index contributed by atoms with van der Waals surface area (Å²) in [7, 11) is -2.91. The smallest absolute Gasteiger partial charge is 0.153 e. The number of fused-ring (bicyclic) bond motifs is 1. The molecule has 2 aliphatic heterocycles. The summed E-state index contributed by atoms with van der Waals surface area (Å²) in [5.41, 5.74) is 0.807. The molecule has 100 valence electrons. The quantitative estimate of drug-likeness (QED) is 0.864. The highest BCUT2D eigenvalue weighted by molar-refractivity contribution is 7.92. The SMILES string of the molecule is O=S1(=O)CCCC1Cc1cn2c(n1)C(O)CCC2. The molecule has 0 aromatic carbocycles. The fraction of sp³-hybridized carbons (Fsp3) is 0.750. The first-order valence-electron chi connectivity index (χ1n) is 6.52. The van der Waals surface area contributed by atoms with E-state index in [1.54, 1.807) is 0 Å². The molecule has 0 amide bonds. The Kier molecular flexibility index (Phi) is 2.94. The Morgan fingerprint density at radius 2 is 2.22 bits per heavy atom. The van der Waals surface area contributed by atoms with E-state index < -0.39 is 15.9 Å². The van der Waals surface area contributed by atoms with Crippen LogP contribution in [0.3, 0.4) is 0 Å². The Morgan fingerprint density at radius 1 is 1.39 bits per heavy atom. The number of hydrogen-bond acceptors (Lipinski definition) is 4. The van der Waals surface area contributed by atoms with Gasteiger partial charge in [0.15, 0.2) is 9.84 Å². The van der Waals surface area contributed by atoms with Gasteiger partial charge in [-0.05, 0) is 25.7 Å². The first-order valence-corrected chi connectivity index (χ1v) is 8.23. The minimum absolute atomic E-state index is 0.272. The predicted molar refractivity (Wildman–Crippen MR) is 66.9 cm³/mol. The molecule has 2 aliphatic rings. The summed E-state index contributed by atoms with van der Waals surface area (Å²) in [5, 5.41) is 9.56. The molecule has 1 N–H and O–H groups in total. The highest BCUT2D eigenvalue weighted by Crippen LogP contribution is 2.27. The number of imidazole rings is 1. The average molecular weight is 270 g/mol. The van der Waals surface area contributed by atoms with E-state index in [0.29, 0.717) is 18.0 Å². The van der Waals surface area contributed by atoms with Crippen LogP contribution in [-0.4, -0.2) is 34.1 Å². The maximum absolute atomic E-state index is 11.8. The van der Waals surface area contributed by atoms with Crippen molar-refractivity contribution in [2.75, 3.05) is 5.75 Å². The van der Waals surface area contributed by atoms with Crippen molar-refractivity contribution in [2.45, 2.75) is 50.0 Å². The van der Waals surface area contributed by atoms with Gasteiger partial charge in [0.25, 0.3) is 0 Å². The van der Waals surface area contributed by atoms with Crippen molar-refractivity contribution < 1.29 is 13.5 Å². The van der Waals surface area contributed by atoms with Crippen molar-refractivity contribution in [3.63, 3.8) is 0 Å². The summed E-state index contributed by atoms with van der Waals surface area (Å²) < 4.78 is 25.5. The van der Waals surface area contributed by atoms with Gasteiger partial charge >= 0.3 is 0 Å². The van der Waals surface area contributed by atoms with Crippen molar-refractivity contribution in [3.8, 4) is 0 Å². The van der Waals surface area contributed by atoms with E-state index in [2.05, 4.69) is 4.98 Å². The van der Waals surface area contributed by atoms with Gasteiger partial charge in [-0.1, -0.05) is 0 Å². The number of nitrogens with zero attached hydrogens (tertiary/aromatic N) is 2. The molecule has 1 aromatic heterocycles. The number of aliphatic hydroxyl groups is 1. The molecular weight excluding hydrogens is 252 g/mol. The number of aryl methyl sites for hydroxylation is 1. The number of hydrogen-bond donors (Lipinski definition) is 1. The molecule has 1 saturated heterocycles. The van der Waals surface area contributed by atoms with Gasteiger partial charge in [0.2, 0.25) is 0 Å². The van der Waals surface area contributed by atoms with E-state index in [0.717, 1.165) is 37.9 Å². The summed E-state index contributed by atoms with van der Waals surface area (Å²) >= 11 is 0. The van der Waals surface area contributed by atoms with Crippen molar-refractivity contribution in [1.29, 1.82) is 0 Å². The minimum atomic E-state index is -2.91. The first-order chi connectivity index (χ1) is 8.56. The molecule has 3 heterocycles. The molecule has 0 bridgehead atoms. The van der Waals surface area contributed by atoms with Crippen LogP contribution >= 0.6 is 0 Å². The predicted octanol–water partition coefficient (Wildman–Crippen LogP) is 0.830. The molecule has 3 rings (SSSR count). The van der Waals surface area contributed by atoms with Crippen LogP contribution in [0, 0.1) is 0 Å². The van der Waals surface area contributed by atoms with Gasteiger partial charge in [0, 0.05) is 19.2 Å². The van der Waals surface area contributed by atoms with Gasteiger partial charge in [-0.2, -0.15) is 0 Å². The van der Waals surface area contributed by atoms with Crippen molar-refractivity contribution in [1.82, 2.24) is 9.55 Å². The lowest BCUT2D eigenvalue weighted by atomic mass is 10.1. The van der Waals surface area contributed by atoms with E-state index in [9.17, 15) is 13.5 Å². The number of aromatic nitrogens is 2. The van der Waals surface area contributed by atoms with Crippen molar-refractivity contribution in [2.24, 2.45) is 0 Å². The average Bonchev–Trinajstić information content (AvgIpc) is 2.84. The van der Waals surface area contributed by atoms with Crippen LogP contribution in [-0.2, 0) is 22.8 Å². The lowest BCUT2D eigenvalue weighted by Crippen LogP contribution is -2.18. The second-order valence-corrected chi connectivity index (χ2v) is 7.68. The summed E-state index contributed by atoms with van der Waals surface area (Å²) in [6.45, 7) is 0.872. The molecular formula is C12H18N2O3S. The zero-order valence-corrected chi connectivity index (χ0v) is 11.1. The van der Waals surface area contributed by atoms with Gasteiger partial charge in [-0.15, -0.1) is 0 Å². The second-order valence-electron chi connectivity index (χ2n) is 5.28. The Bertz CT molecular complexity index is 550. The molecule has 1 fully saturated rings. The molecule has 0 spiro atoms. The van der Waals surface area contributed by atoms with Crippen LogP contribution < -0.4 is 0 Å². The number of rotatable bonds is 2. The normalized spacial score (nSPS) is 30.3. The summed E-state index contributed by atoms with van der Waals surface area (Å²) in [5.74, 6) is 1.01. The Morgan fingerprint density at radius 3 is 2.89 bits per heavy atom. The third kappa shape index (κ3) is 2.07. The molecule has 2 atom stereocenters. The van der Waals surface area contributed by atoms with Gasteiger partial charge in [-0.3, -0.25) is 0 Å². The molecule has 18 heavy (non-hydrogen) atoms. The van der Waals surface area contributed by atoms with E-state index in [-0.39, 0.29) is 5.25 Å². The number of aliphatic hydroxyl groups excluding tert-OH is 1. The second kappa shape index (κ2) is 4.35. The van der Waals surface area contributed by atoms with Crippen molar-refractivity contribution >= 4 is 9.84 Å². The van der Waals surface area contributed by atoms with Gasteiger partial charge < -0.3 is 9.67 Å². The highest BCUT2D eigenvalue weighted by atomic mass is 32.2. The van der Waals surface area contributed by atoms with Crippen molar-refractivity contribution in [3.05, 3.63) is 17.7 Å². The molecule has 0 aliphatic carbocycles. The Labute approximate surface area is 107 Å². The molecule has 6 heteroatoms. The first kappa shape index (κ1) is 12.2. The number of sulfone groups is 1. The molecule has 5 nitrogen and oxygen atoms in total. The topological polar surface area (TPSA) is 72.2 Å². The fourth-order valence-corrected chi connectivity index (χ4v) is 4.79. The van der Waals surface area contributed by atoms with Crippen LogP contribution in [0.5, 0.6) is 0 Å². The van der Waals surface area contributed by atoms with E-state index in [1.165, 1.54) is 0 Å². The lowest BCUT2D eigenvalue weighted by molar-refractivity contribution is 0.133. The Hall–Kier alpha value is -0.880. The van der Waals surface area contributed by atoms with Crippen LogP contribution in [0.4, 0.5) is 0 Å². The third-order valence-electron chi connectivity index (χ3n) is 3.93. The van der Waals surface area contributed by atoms with Crippen LogP contribution in [0.25, 0.3) is 0 Å². The molecule has 1 aromatic rings. The molecule has 0 saturated carbocycles. The summed E-state index contributed by atoms with van der Waals surface area (Å²) in [6, 6.07) is 0. The van der Waals surface area contributed by atoms with Gasteiger partial charge in [0.1, 0.15) is 11.9 Å². The maximum atomic E-state index is 11.8. The van der Waals surface area contributed by atoms with Crippen LogP contribution in [0.15, 0.2) is 6.20 Å². The molecule has 0 radical (unpaired) electrons. The maximum Gasteiger partial charge on any atom is 0.153 e. The van der Waals surface area contributed by atoms with E-state index in [4.69, 9.17) is 0 Å². The largest absolute Gasteiger partial charge is 0.385 e. The summed E-state index contributed by atoms with van der Waals surface area (Å²) in [6.07, 6.45) is 5.12. The monoisotopic (exact) mass is 270 g/mol. The van der Waals surface area contributed by atoms with Gasteiger partial charge in [-0.25, -0.2) is 13.4 Å². The summed E-state index contributed by atoms with van der Waals surface area (Å²) in [4.78, 5) is 4.41. The highest BCUT2D eigenvalue weighted by Gasteiger charge is 2.32. The van der Waals surface area contributed by atoms with Gasteiger partial charge in [0.05, 0.1) is 16.7 Å².